The molecule has 90 valence electrons. The number of hydrogen-bond acceptors (Lipinski definition) is 3. The van der Waals surface area contributed by atoms with Crippen molar-refractivity contribution in [2.45, 2.75) is 6.18 Å². The molecular weight excluding hydrogens is 235 g/mol. The number of benzene rings is 1. The van der Waals surface area contributed by atoms with Gasteiger partial charge in [0.15, 0.2) is 5.82 Å². The van der Waals surface area contributed by atoms with Crippen LogP contribution >= 0.6 is 0 Å². The average Bonchev–Trinajstić information content (AvgIpc) is 2.57. The van der Waals surface area contributed by atoms with E-state index < -0.39 is 23.7 Å². The molecule has 0 bridgehead atoms. The maximum atomic E-state index is 12.7. The molecule has 1 aromatic carbocycles. The average molecular weight is 243 g/mol. The fraction of sp³-hybridized carbons (Fsp3) is 0.100. The summed E-state index contributed by atoms with van der Waals surface area (Å²) in [4.78, 5) is 3.03. The van der Waals surface area contributed by atoms with Crippen LogP contribution in [0.4, 0.5) is 19.0 Å². The molecule has 0 saturated heterocycles. The van der Waals surface area contributed by atoms with E-state index >= 15 is 0 Å². The van der Waals surface area contributed by atoms with E-state index in [0.717, 1.165) is 0 Å². The molecule has 4 nitrogen and oxygen atoms in total. The van der Waals surface area contributed by atoms with Gasteiger partial charge in [-0.05, 0) is 12.1 Å². The van der Waals surface area contributed by atoms with E-state index in [1.807, 2.05) is 0 Å². The summed E-state index contributed by atoms with van der Waals surface area (Å²) >= 11 is 0. The van der Waals surface area contributed by atoms with Crippen molar-refractivity contribution in [1.29, 1.82) is 0 Å². The van der Waals surface area contributed by atoms with Gasteiger partial charge < -0.3 is 10.8 Å². The van der Waals surface area contributed by atoms with Crippen molar-refractivity contribution in [3.05, 3.63) is 36.2 Å². The molecule has 1 aromatic heterocycles. The molecule has 7 heteroatoms. The highest BCUT2D eigenvalue weighted by Crippen LogP contribution is 2.35. The van der Waals surface area contributed by atoms with E-state index in [0.29, 0.717) is 4.57 Å². The number of para-hydroxylation sites is 1. The maximum absolute atomic E-state index is 12.7. The van der Waals surface area contributed by atoms with Gasteiger partial charge in [-0.3, -0.25) is 4.57 Å². The number of nitrogens with zero attached hydrogens (tertiary/aromatic N) is 2. The van der Waals surface area contributed by atoms with Gasteiger partial charge in [-0.1, -0.05) is 18.2 Å². The lowest BCUT2D eigenvalue weighted by Gasteiger charge is -2.10. The first kappa shape index (κ1) is 11.3. The van der Waals surface area contributed by atoms with E-state index in [1.165, 1.54) is 12.1 Å². The van der Waals surface area contributed by atoms with Crippen LogP contribution in [0.25, 0.3) is 5.69 Å². The lowest BCUT2D eigenvalue weighted by molar-refractivity contribution is -0.146. The van der Waals surface area contributed by atoms with Gasteiger partial charge in [-0.25, -0.2) is 0 Å². The van der Waals surface area contributed by atoms with Gasteiger partial charge in [0.1, 0.15) is 0 Å². The maximum Gasteiger partial charge on any atom is 0.450 e. The van der Waals surface area contributed by atoms with E-state index in [1.54, 1.807) is 18.2 Å². The Kier molecular flexibility index (Phi) is 2.45. The number of alkyl halides is 3. The Hall–Kier alpha value is -2.18. The van der Waals surface area contributed by atoms with Gasteiger partial charge in [0, 0.05) is 5.69 Å². The second-order valence-corrected chi connectivity index (χ2v) is 3.31. The van der Waals surface area contributed by atoms with Crippen LogP contribution < -0.4 is 5.73 Å². The molecule has 0 amide bonds. The molecular formula is C10H8F3N3O. The first-order valence-electron chi connectivity index (χ1n) is 4.61. The van der Waals surface area contributed by atoms with Crippen LogP contribution in [0.5, 0.6) is 5.88 Å². The topological polar surface area (TPSA) is 64.1 Å². The number of hydrogen-bond donors (Lipinski definition) is 2. The van der Waals surface area contributed by atoms with Crippen LogP contribution in [-0.2, 0) is 6.18 Å². The van der Waals surface area contributed by atoms with Crippen molar-refractivity contribution >= 4 is 5.82 Å². The fourth-order valence-electron chi connectivity index (χ4n) is 1.45. The van der Waals surface area contributed by atoms with Gasteiger partial charge in [0.05, 0.1) is 0 Å². The quantitative estimate of drug-likeness (QED) is 0.806. The van der Waals surface area contributed by atoms with E-state index in [2.05, 4.69) is 4.98 Å². The molecule has 0 spiro atoms. The molecule has 1 heterocycles. The second kappa shape index (κ2) is 3.69. The predicted octanol–water partition coefficient (Wildman–Crippen LogP) is 2.18. The zero-order valence-corrected chi connectivity index (χ0v) is 8.44. The molecule has 2 rings (SSSR count). The monoisotopic (exact) mass is 243 g/mol. The predicted molar refractivity (Wildman–Crippen MR) is 54.6 cm³/mol. The molecule has 0 aliphatic carbocycles. The van der Waals surface area contributed by atoms with E-state index in [4.69, 9.17) is 5.73 Å². The molecule has 0 aliphatic rings. The minimum atomic E-state index is -4.69. The molecule has 3 N–H and O–H groups in total. The molecule has 0 radical (unpaired) electrons. The molecule has 2 aromatic rings. The Balaban J connectivity index is 2.69. The minimum Gasteiger partial charge on any atom is -0.491 e. The highest BCUT2D eigenvalue weighted by atomic mass is 19.4. The highest BCUT2D eigenvalue weighted by Gasteiger charge is 2.39. The number of imidazole rings is 1. The Labute approximate surface area is 94.1 Å². The summed E-state index contributed by atoms with van der Waals surface area (Å²) in [7, 11) is 0. The van der Waals surface area contributed by atoms with Gasteiger partial charge in [0.2, 0.25) is 5.82 Å². The number of aromatic hydroxyl groups is 1. The first-order chi connectivity index (χ1) is 7.91. The first-order valence-corrected chi connectivity index (χ1v) is 4.61. The Morgan fingerprint density at radius 3 is 2.29 bits per heavy atom. The van der Waals surface area contributed by atoms with Crippen LogP contribution in [0.3, 0.4) is 0 Å². The molecule has 0 atom stereocenters. The minimum absolute atomic E-state index is 0.185. The summed E-state index contributed by atoms with van der Waals surface area (Å²) in [5.74, 6) is -2.52. The van der Waals surface area contributed by atoms with Crippen molar-refractivity contribution in [3.63, 3.8) is 0 Å². The number of rotatable bonds is 1. The number of nitrogens with two attached hydrogens (primary N) is 1. The third-order valence-electron chi connectivity index (χ3n) is 2.16. The van der Waals surface area contributed by atoms with Crippen molar-refractivity contribution < 1.29 is 18.3 Å². The van der Waals surface area contributed by atoms with Crippen molar-refractivity contribution in [1.82, 2.24) is 9.55 Å². The standard InChI is InChI=1S/C10H8F3N3O/c11-10(12,13)9-15-8(17)7(14)16(9)6-4-2-1-3-5-6/h1-5,17H,14H2. The SMILES string of the molecule is Nc1c(O)nc(C(F)(F)F)n1-c1ccccc1. The summed E-state index contributed by atoms with van der Waals surface area (Å²) < 4.78 is 38.7. The lowest BCUT2D eigenvalue weighted by Crippen LogP contribution is -2.15. The summed E-state index contributed by atoms with van der Waals surface area (Å²) in [5.41, 5.74) is 5.57. The van der Waals surface area contributed by atoms with Crippen molar-refractivity contribution in [3.8, 4) is 11.6 Å². The Morgan fingerprint density at radius 1 is 1.18 bits per heavy atom. The van der Waals surface area contributed by atoms with Crippen LogP contribution in [0.1, 0.15) is 5.82 Å². The zero-order chi connectivity index (χ0) is 12.6. The Morgan fingerprint density at radius 2 is 1.76 bits per heavy atom. The highest BCUT2D eigenvalue weighted by molar-refractivity contribution is 5.51. The van der Waals surface area contributed by atoms with Crippen LogP contribution in [-0.4, -0.2) is 14.7 Å². The molecule has 0 unspecified atom stereocenters. The van der Waals surface area contributed by atoms with E-state index in [-0.39, 0.29) is 5.69 Å². The molecule has 0 fully saturated rings. The summed E-state index contributed by atoms with van der Waals surface area (Å²) in [6.07, 6.45) is -4.69. The number of anilines is 1. The number of aromatic nitrogens is 2. The fourth-order valence-corrected chi connectivity index (χ4v) is 1.45. The normalized spacial score (nSPS) is 11.7. The zero-order valence-electron chi connectivity index (χ0n) is 8.44. The lowest BCUT2D eigenvalue weighted by atomic mass is 10.3. The van der Waals surface area contributed by atoms with E-state index in [9.17, 15) is 18.3 Å². The largest absolute Gasteiger partial charge is 0.491 e. The second-order valence-electron chi connectivity index (χ2n) is 3.31. The summed E-state index contributed by atoms with van der Waals surface area (Å²) in [5, 5.41) is 9.19. The smallest absolute Gasteiger partial charge is 0.450 e. The summed E-state index contributed by atoms with van der Waals surface area (Å²) in [6.45, 7) is 0. The van der Waals surface area contributed by atoms with Crippen LogP contribution in [0, 0.1) is 0 Å². The van der Waals surface area contributed by atoms with Gasteiger partial charge in [-0.15, -0.1) is 0 Å². The van der Waals surface area contributed by atoms with Gasteiger partial charge in [0.25, 0.3) is 5.88 Å². The molecule has 17 heavy (non-hydrogen) atoms. The van der Waals surface area contributed by atoms with Crippen LogP contribution in [0.15, 0.2) is 30.3 Å². The van der Waals surface area contributed by atoms with Gasteiger partial charge >= 0.3 is 6.18 Å². The number of halogens is 3. The molecule has 0 saturated carbocycles. The number of nitrogen functional groups attached to an aromatic ring is 1. The van der Waals surface area contributed by atoms with Crippen LogP contribution in [0.2, 0.25) is 0 Å². The Bertz CT molecular complexity index is 534. The van der Waals surface area contributed by atoms with Crippen molar-refractivity contribution in [2.24, 2.45) is 0 Å². The molecule has 0 aliphatic heterocycles. The van der Waals surface area contributed by atoms with Crippen molar-refractivity contribution in [2.75, 3.05) is 5.73 Å². The van der Waals surface area contributed by atoms with Gasteiger partial charge in [-0.2, -0.15) is 18.2 Å². The third-order valence-corrected chi connectivity index (χ3v) is 2.16. The summed E-state index contributed by atoms with van der Waals surface area (Å²) in [6, 6.07) is 7.65. The third kappa shape index (κ3) is 1.91.